The van der Waals surface area contributed by atoms with Crippen LogP contribution in [0.25, 0.3) is 0 Å². The highest BCUT2D eigenvalue weighted by atomic mass is 32.2. The van der Waals surface area contributed by atoms with Crippen LogP contribution in [0.3, 0.4) is 0 Å². The zero-order valence-corrected chi connectivity index (χ0v) is 13.0. The van der Waals surface area contributed by atoms with Crippen LogP contribution in [0.4, 0.5) is 5.69 Å². The SMILES string of the molecule is CC1(C)CCCN(S(=O)(=O)c2ccc(C(=O)O)cc2N)C1. The minimum absolute atomic E-state index is 0.0228. The predicted octanol–water partition coefficient (Wildman–Crippen LogP) is 1.78. The molecule has 1 fully saturated rings. The van der Waals surface area contributed by atoms with Crippen LogP contribution in [0.1, 0.15) is 37.0 Å². The fourth-order valence-corrected chi connectivity index (χ4v) is 4.39. The quantitative estimate of drug-likeness (QED) is 0.829. The van der Waals surface area contributed by atoms with E-state index < -0.39 is 16.0 Å². The molecule has 1 aromatic carbocycles. The number of carbonyl (C=O) groups is 1. The van der Waals surface area contributed by atoms with Gasteiger partial charge in [0.2, 0.25) is 10.0 Å². The number of nitrogens with zero attached hydrogens (tertiary/aromatic N) is 1. The number of carboxylic acid groups (broad SMARTS) is 1. The maximum atomic E-state index is 12.7. The van der Waals surface area contributed by atoms with Crippen LogP contribution in [0, 0.1) is 5.41 Å². The number of nitrogen functional groups attached to an aromatic ring is 1. The van der Waals surface area contributed by atoms with Crippen molar-refractivity contribution in [1.82, 2.24) is 4.31 Å². The Morgan fingerprint density at radius 2 is 2.05 bits per heavy atom. The first kappa shape index (κ1) is 15.8. The molecule has 0 aromatic heterocycles. The van der Waals surface area contributed by atoms with Crippen LogP contribution in [0.5, 0.6) is 0 Å². The summed E-state index contributed by atoms with van der Waals surface area (Å²) >= 11 is 0. The summed E-state index contributed by atoms with van der Waals surface area (Å²) in [6, 6.07) is 3.72. The second kappa shape index (κ2) is 5.31. The number of hydrogen-bond acceptors (Lipinski definition) is 4. The molecule has 1 aliphatic rings. The number of sulfonamides is 1. The number of hydrogen-bond donors (Lipinski definition) is 2. The number of piperidine rings is 1. The number of benzene rings is 1. The molecule has 1 aliphatic heterocycles. The first-order valence-electron chi connectivity index (χ1n) is 6.76. The van der Waals surface area contributed by atoms with E-state index in [1.54, 1.807) is 0 Å². The summed E-state index contributed by atoms with van der Waals surface area (Å²) in [4.78, 5) is 10.9. The number of rotatable bonds is 3. The van der Waals surface area contributed by atoms with Crippen molar-refractivity contribution in [2.45, 2.75) is 31.6 Å². The van der Waals surface area contributed by atoms with Gasteiger partial charge in [0, 0.05) is 13.1 Å². The van der Waals surface area contributed by atoms with Gasteiger partial charge in [0.1, 0.15) is 4.90 Å². The molecule has 0 aliphatic carbocycles. The Labute approximate surface area is 124 Å². The Morgan fingerprint density at radius 1 is 1.38 bits per heavy atom. The van der Waals surface area contributed by atoms with Gasteiger partial charge in [0.15, 0.2) is 0 Å². The molecular weight excluding hydrogens is 292 g/mol. The van der Waals surface area contributed by atoms with E-state index in [-0.39, 0.29) is 21.6 Å². The van der Waals surface area contributed by atoms with E-state index in [4.69, 9.17) is 10.8 Å². The van der Waals surface area contributed by atoms with Gasteiger partial charge in [0.05, 0.1) is 11.3 Å². The van der Waals surface area contributed by atoms with Gasteiger partial charge >= 0.3 is 5.97 Å². The van der Waals surface area contributed by atoms with E-state index in [2.05, 4.69) is 0 Å². The van der Waals surface area contributed by atoms with E-state index in [1.807, 2.05) is 13.8 Å². The van der Waals surface area contributed by atoms with Gasteiger partial charge in [-0.3, -0.25) is 0 Å². The Kier molecular flexibility index (Phi) is 3.99. The molecular formula is C14H20N2O4S. The fraction of sp³-hybridized carbons (Fsp3) is 0.500. The van der Waals surface area contributed by atoms with Crippen LogP contribution >= 0.6 is 0 Å². The molecule has 21 heavy (non-hydrogen) atoms. The monoisotopic (exact) mass is 312 g/mol. The summed E-state index contributed by atoms with van der Waals surface area (Å²) in [5, 5.41) is 8.90. The highest BCUT2D eigenvalue weighted by molar-refractivity contribution is 7.89. The highest BCUT2D eigenvalue weighted by Gasteiger charge is 2.35. The molecule has 0 spiro atoms. The van der Waals surface area contributed by atoms with E-state index in [0.717, 1.165) is 12.8 Å². The average Bonchev–Trinajstić information content (AvgIpc) is 2.36. The molecule has 1 heterocycles. The molecule has 0 bridgehead atoms. The largest absolute Gasteiger partial charge is 0.478 e. The molecule has 1 saturated heterocycles. The van der Waals surface area contributed by atoms with Crippen molar-refractivity contribution in [2.24, 2.45) is 5.41 Å². The van der Waals surface area contributed by atoms with Gasteiger partial charge in [-0.05, 0) is 36.5 Å². The Morgan fingerprint density at radius 3 is 2.57 bits per heavy atom. The second-order valence-electron chi connectivity index (χ2n) is 6.16. The predicted molar refractivity (Wildman–Crippen MR) is 79.6 cm³/mol. The lowest BCUT2D eigenvalue weighted by molar-refractivity contribution is 0.0697. The second-order valence-corrected chi connectivity index (χ2v) is 8.07. The standard InChI is InChI=1S/C14H20N2O4S/c1-14(2)6-3-7-16(9-14)21(19,20)12-5-4-10(13(17)18)8-11(12)15/h4-5,8H,3,6-7,9,15H2,1-2H3,(H,17,18). The lowest BCUT2D eigenvalue weighted by Gasteiger charge is -2.37. The number of anilines is 1. The van der Waals surface area contributed by atoms with Crippen LogP contribution in [0.2, 0.25) is 0 Å². The Bertz CT molecular complexity index is 668. The molecule has 1 aromatic rings. The van der Waals surface area contributed by atoms with E-state index in [0.29, 0.717) is 13.1 Å². The van der Waals surface area contributed by atoms with Crippen LogP contribution in [-0.4, -0.2) is 36.9 Å². The summed E-state index contributed by atoms with van der Waals surface area (Å²) in [5.74, 6) is -1.13. The molecule has 0 amide bonds. The summed E-state index contributed by atoms with van der Waals surface area (Å²) in [6.45, 7) is 4.97. The summed E-state index contributed by atoms with van der Waals surface area (Å²) in [6.07, 6.45) is 1.78. The van der Waals surface area contributed by atoms with E-state index in [1.165, 1.54) is 22.5 Å². The third-order valence-corrected chi connectivity index (χ3v) is 5.66. The van der Waals surface area contributed by atoms with Gasteiger partial charge in [-0.1, -0.05) is 13.8 Å². The molecule has 0 atom stereocenters. The molecule has 0 saturated carbocycles. The number of aromatic carboxylic acids is 1. The van der Waals surface area contributed by atoms with Crippen molar-refractivity contribution in [3.05, 3.63) is 23.8 Å². The Hall–Kier alpha value is -1.60. The van der Waals surface area contributed by atoms with Gasteiger partial charge in [-0.2, -0.15) is 4.31 Å². The summed E-state index contributed by atoms with van der Waals surface area (Å²) in [7, 11) is -3.69. The molecule has 0 unspecified atom stereocenters. The third kappa shape index (κ3) is 3.19. The lowest BCUT2D eigenvalue weighted by atomic mass is 9.85. The zero-order valence-electron chi connectivity index (χ0n) is 12.2. The normalized spacial score (nSPS) is 19.3. The molecule has 116 valence electrons. The molecule has 2 rings (SSSR count). The first-order chi connectivity index (χ1) is 9.63. The minimum atomic E-state index is -3.69. The van der Waals surface area contributed by atoms with Crippen molar-refractivity contribution < 1.29 is 18.3 Å². The van der Waals surface area contributed by atoms with E-state index >= 15 is 0 Å². The molecule has 6 nitrogen and oxygen atoms in total. The lowest BCUT2D eigenvalue weighted by Crippen LogP contribution is -2.43. The molecule has 0 radical (unpaired) electrons. The van der Waals surface area contributed by atoms with Crippen molar-refractivity contribution in [3.8, 4) is 0 Å². The van der Waals surface area contributed by atoms with E-state index in [9.17, 15) is 13.2 Å². The van der Waals surface area contributed by atoms with Gasteiger partial charge in [-0.25, -0.2) is 13.2 Å². The van der Waals surface area contributed by atoms with Gasteiger partial charge in [-0.15, -0.1) is 0 Å². The molecule has 7 heteroatoms. The maximum absolute atomic E-state index is 12.7. The summed E-state index contributed by atoms with van der Waals surface area (Å²) in [5.41, 5.74) is 5.63. The smallest absolute Gasteiger partial charge is 0.335 e. The van der Waals surface area contributed by atoms with Gasteiger partial charge in [0.25, 0.3) is 0 Å². The third-order valence-electron chi connectivity index (χ3n) is 3.74. The maximum Gasteiger partial charge on any atom is 0.335 e. The van der Waals surface area contributed by atoms with Crippen molar-refractivity contribution >= 4 is 21.7 Å². The molecule has 3 N–H and O–H groups in total. The van der Waals surface area contributed by atoms with Crippen LogP contribution < -0.4 is 5.73 Å². The zero-order chi connectivity index (χ0) is 15.8. The van der Waals surface area contributed by atoms with Crippen molar-refractivity contribution in [1.29, 1.82) is 0 Å². The van der Waals surface area contributed by atoms with Crippen molar-refractivity contribution in [2.75, 3.05) is 18.8 Å². The van der Waals surface area contributed by atoms with Crippen molar-refractivity contribution in [3.63, 3.8) is 0 Å². The minimum Gasteiger partial charge on any atom is -0.478 e. The Balaban J connectivity index is 2.38. The first-order valence-corrected chi connectivity index (χ1v) is 8.20. The fourth-order valence-electron chi connectivity index (χ4n) is 2.63. The van der Waals surface area contributed by atoms with Crippen LogP contribution in [-0.2, 0) is 10.0 Å². The summed E-state index contributed by atoms with van der Waals surface area (Å²) < 4.78 is 26.8. The topological polar surface area (TPSA) is 101 Å². The number of carboxylic acids is 1. The highest BCUT2D eigenvalue weighted by Crippen LogP contribution is 2.33. The van der Waals surface area contributed by atoms with Crippen LogP contribution in [0.15, 0.2) is 23.1 Å². The van der Waals surface area contributed by atoms with Gasteiger partial charge < -0.3 is 10.8 Å². The number of nitrogens with two attached hydrogens (primary N) is 1. The average molecular weight is 312 g/mol.